The van der Waals surface area contributed by atoms with Crippen LogP contribution in [-0.2, 0) is 10.0 Å². The number of rotatable bonds is 5. The van der Waals surface area contributed by atoms with Crippen LogP contribution in [0.25, 0.3) is 11.5 Å². The summed E-state index contributed by atoms with van der Waals surface area (Å²) in [6, 6.07) is 11.3. The largest absolute Gasteiger partial charge is 0.330 e. The van der Waals surface area contributed by atoms with Crippen LogP contribution < -0.4 is 14.9 Å². The molecule has 30 heavy (non-hydrogen) atoms. The van der Waals surface area contributed by atoms with Gasteiger partial charge >= 0.3 is 6.03 Å². The van der Waals surface area contributed by atoms with Gasteiger partial charge in [0.05, 0.1) is 4.90 Å². The molecule has 4 rings (SSSR count). The van der Waals surface area contributed by atoms with Crippen molar-refractivity contribution in [2.75, 3.05) is 22.9 Å². The van der Waals surface area contributed by atoms with Crippen molar-refractivity contribution in [3.63, 3.8) is 0 Å². The molecule has 0 bridgehead atoms. The second-order valence-electron chi connectivity index (χ2n) is 7.16. The Morgan fingerprint density at radius 2 is 1.73 bits per heavy atom. The summed E-state index contributed by atoms with van der Waals surface area (Å²) in [7, 11) is -3.78. The van der Waals surface area contributed by atoms with Gasteiger partial charge < -0.3 is 4.57 Å². The van der Waals surface area contributed by atoms with E-state index in [0.29, 0.717) is 36.1 Å². The Morgan fingerprint density at radius 1 is 1.03 bits per heavy atom. The van der Waals surface area contributed by atoms with Crippen LogP contribution in [0.15, 0.2) is 53.7 Å². The second kappa shape index (κ2) is 7.50. The Morgan fingerprint density at radius 3 is 2.40 bits per heavy atom. The number of amides is 2. The van der Waals surface area contributed by atoms with Crippen molar-refractivity contribution in [3.8, 4) is 11.5 Å². The first-order chi connectivity index (χ1) is 14.3. The van der Waals surface area contributed by atoms with Gasteiger partial charge in [-0.25, -0.2) is 23.3 Å². The van der Waals surface area contributed by atoms with Gasteiger partial charge in [0.15, 0.2) is 5.82 Å². The van der Waals surface area contributed by atoms with E-state index in [1.165, 1.54) is 12.1 Å². The van der Waals surface area contributed by atoms with Crippen molar-refractivity contribution in [1.82, 2.24) is 19.7 Å². The van der Waals surface area contributed by atoms with Crippen LogP contribution in [0, 0.1) is 0 Å². The zero-order chi connectivity index (χ0) is 21.5. The molecule has 0 aliphatic carbocycles. The van der Waals surface area contributed by atoms with Gasteiger partial charge in [0, 0.05) is 24.8 Å². The minimum atomic E-state index is -3.78. The van der Waals surface area contributed by atoms with Gasteiger partial charge in [0.2, 0.25) is 10.0 Å². The molecule has 1 saturated heterocycles. The first-order valence-corrected chi connectivity index (χ1v) is 10.9. The maximum Gasteiger partial charge on any atom is 0.330 e. The molecule has 10 nitrogen and oxygen atoms in total. The van der Waals surface area contributed by atoms with Gasteiger partial charge in [0.25, 0.3) is 0 Å². The molecule has 2 amide bonds. The Balaban J connectivity index is 1.59. The van der Waals surface area contributed by atoms with Crippen molar-refractivity contribution in [1.29, 1.82) is 0 Å². The smallest absolute Gasteiger partial charge is 0.310 e. The van der Waals surface area contributed by atoms with Crippen LogP contribution in [0.5, 0.6) is 0 Å². The Labute approximate surface area is 174 Å². The topological polar surface area (TPSA) is 127 Å². The number of anilines is 2. The van der Waals surface area contributed by atoms with Crippen molar-refractivity contribution in [2.24, 2.45) is 5.14 Å². The Kier molecular flexibility index (Phi) is 5.00. The highest BCUT2D eigenvalue weighted by atomic mass is 32.2. The highest BCUT2D eigenvalue weighted by Gasteiger charge is 2.32. The molecule has 0 saturated carbocycles. The number of pyridine rings is 1. The van der Waals surface area contributed by atoms with E-state index in [4.69, 9.17) is 5.14 Å². The normalized spacial score (nSPS) is 14.7. The third-order valence-electron chi connectivity index (χ3n) is 4.86. The van der Waals surface area contributed by atoms with Crippen LogP contribution in [-0.4, -0.2) is 47.3 Å². The molecule has 1 aliphatic heterocycles. The average Bonchev–Trinajstić information content (AvgIpc) is 3.35. The van der Waals surface area contributed by atoms with Gasteiger partial charge in [-0.15, -0.1) is 10.2 Å². The SMILES string of the molecule is CC(C)n1cnnc1-c1cccc(N2CCN(c3ccc(S(N)(=O)=O)cc3)C2=O)n1. The molecule has 0 atom stereocenters. The monoisotopic (exact) mass is 427 g/mol. The third kappa shape index (κ3) is 3.64. The number of hydrogen-bond acceptors (Lipinski definition) is 6. The molecular formula is C19H21N7O3S. The number of benzene rings is 1. The van der Waals surface area contributed by atoms with E-state index in [0.717, 1.165) is 0 Å². The maximum absolute atomic E-state index is 13.0. The quantitative estimate of drug-likeness (QED) is 0.663. The fourth-order valence-corrected chi connectivity index (χ4v) is 3.82. The van der Waals surface area contributed by atoms with Crippen molar-refractivity contribution in [2.45, 2.75) is 24.8 Å². The summed E-state index contributed by atoms with van der Waals surface area (Å²) in [5, 5.41) is 13.3. The van der Waals surface area contributed by atoms with Crippen LogP contribution in [0.2, 0.25) is 0 Å². The summed E-state index contributed by atoms with van der Waals surface area (Å²) in [4.78, 5) is 20.8. The number of hydrogen-bond donors (Lipinski definition) is 1. The number of nitrogens with zero attached hydrogens (tertiary/aromatic N) is 6. The molecule has 3 heterocycles. The van der Waals surface area contributed by atoms with Crippen molar-refractivity contribution < 1.29 is 13.2 Å². The molecule has 156 valence electrons. The molecule has 1 aliphatic rings. The molecule has 0 unspecified atom stereocenters. The van der Waals surface area contributed by atoms with E-state index < -0.39 is 10.0 Å². The fourth-order valence-electron chi connectivity index (χ4n) is 3.31. The molecule has 2 aromatic heterocycles. The van der Waals surface area contributed by atoms with Crippen molar-refractivity contribution >= 4 is 27.6 Å². The second-order valence-corrected chi connectivity index (χ2v) is 8.72. The van der Waals surface area contributed by atoms with Crippen molar-refractivity contribution in [3.05, 3.63) is 48.8 Å². The summed E-state index contributed by atoms with van der Waals surface area (Å²) >= 11 is 0. The lowest BCUT2D eigenvalue weighted by Crippen LogP contribution is -2.32. The minimum absolute atomic E-state index is 0.00150. The average molecular weight is 427 g/mol. The number of sulfonamides is 1. The van der Waals surface area contributed by atoms with Gasteiger partial charge in [-0.1, -0.05) is 6.07 Å². The third-order valence-corrected chi connectivity index (χ3v) is 5.78. The zero-order valence-electron chi connectivity index (χ0n) is 16.5. The summed E-state index contributed by atoms with van der Waals surface area (Å²) in [5.41, 5.74) is 1.22. The highest BCUT2D eigenvalue weighted by Crippen LogP contribution is 2.27. The predicted molar refractivity (Wildman–Crippen MR) is 112 cm³/mol. The predicted octanol–water partition coefficient (Wildman–Crippen LogP) is 2.02. The van der Waals surface area contributed by atoms with E-state index in [2.05, 4.69) is 15.2 Å². The molecule has 1 fully saturated rings. The molecule has 2 N–H and O–H groups in total. The van der Waals surface area contributed by atoms with E-state index in [-0.39, 0.29) is 17.0 Å². The summed E-state index contributed by atoms with van der Waals surface area (Å²) in [6.07, 6.45) is 1.66. The van der Waals surface area contributed by atoms with Crippen LogP contribution in [0.3, 0.4) is 0 Å². The first-order valence-electron chi connectivity index (χ1n) is 9.34. The lowest BCUT2D eigenvalue weighted by atomic mass is 10.3. The van der Waals surface area contributed by atoms with E-state index in [1.54, 1.807) is 34.3 Å². The first kappa shape index (κ1) is 20.0. The number of aromatic nitrogens is 4. The minimum Gasteiger partial charge on any atom is -0.310 e. The Bertz CT molecular complexity index is 1190. The molecule has 0 spiro atoms. The van der Waals surface area contributed by atoms with Gasteiger partial charge in [0.1, 0.15) is 17.8 Å². The molecular weight excluding hydrogens is 406 g/mol. The fraction of sp³-hybridized carbons (Fsp3) is 0.263. The zero-order valence-corrected chi connectivity index (χ0v) is 17.3. The van der Waals surface area contributed by atoms with Gasteiger partial charge in [-0.3, -0.25) is 9.80 Å². The molecule has 0 radical (unpaired) electrons. The van der Waals surface area contributed by atoms with Gasteiger partial charge in [-0.2, -0.15) is 0 Å². The molecule has 11 heteroatoms. The number of primary sulfonamides is 1. The summed E-state index contributed by atoms with van der Waals surface area (Å²) in [6.45, 7) is 4.95. The van der Waals surface area contributed by atoms with E-state index in [9.17, 15) is 13.2 Å². The number of carbonyl (C=O) groups excluding carboxylic acids is 1. The molecule has 1 aromatic carbocycles. The molecule has 3 aromatic rings. The van der Waals surface area contributed by atoms with Gasteiger partial charge in [-0.05, 0) is 50.2 Å². The maximum atomic E-state index is 13.0. The summed E-state index contributed by atoms with van der Waals surface area (Å²) < 4.78 is 24.8. The van der Waals surface area contributed by atoms with Crippen LogP contribution in [0.1, 0.15) is 19.9 Å². The number of nitrogens with two attached hydrogens (primary N) is 1. The summed E-state index contributed by atoms with van der Waals surface area (Å²) in [5.74, 6) is 1.15. The standard InChI is InChI=1S/C19H21N7O3S/c1-13(2)26-12-21-23-18(26)16-4-3-5-17(22-16)25-11-10-24(19(25)27)14-6-8-15(9-7-14)30(20,28)29/h3-9,12-13H,10-11H2,1-2H3,(H2,20,28,29). The van der Waals surface area contributed by atoms with Crippen LogP contribution in [0.4, 0.5) is 16.3 Å². The number of urea groups is 1. The lowest BCUT2D eigenvalue weighted by Gasteiger charge is -2.19. The highest BCUT2D eigenvalue weighted by molar-refractivity contribution is 7.89. The van der Waals surface area contributed by atoms with E-state index >= 15 is 0 Å². The van der Waals surface area contributed by atoms with Crippen LogP contribution >= 0.6 is 0 Å². The lowest BCUT2D eigenvalue weighted by molar-refractivity contribution is 0.255. The Hall–Kier alpha value is -3.31. The van der Waals surface area contributed by atoms with E-state index in [1.807, 2.05) is 30.5 Å². The number of carbonyl (C=O) groups is 1.